The second-order valence-corrected chi connectivity index (χ2v) is 4.13. The monoisotopic (exact) mass is 234 g/mol. The van der Waals surface area contributed by atoms with Crippen LogP contribution in [0, 0.1) is 0 Å². The molecule has 0 saturated heterocycles. The molecule has 4 N–H and O–H groups in total. The molecule has 0 bridgehead atoms. The van der Waals surface area contributed by atoms with E-state index < -0.39 is 5.97 Å². The van der Waals surface area contributed by atoms with Crippen molar-refractivity contribution in [2.24, 2.45) is 5.73 Å². The summed E-state index contributed by atoms with van der Waals surface area (Å²) >= 11 is 0. The lowest BCUT2D eigenvalue weighted by Crippen LogP contribution is -2.17. The van der Waals surface area contributed by atoms with E-state index in [1.807, 2.05) is 13.1 Å². The van der Waals surface area contributed by atoms with Crippen LogP contribution < -0.4 is 5.73 Å². The molecule has 0 aliphatic heterocycles. The zero-order valence-corrected chi connectivity index (χ0v) is 9.43. The summed E-state index contributed by atoms with van der Waals surface area (Å²) in [5.41, 5.74) is 8.03. The van der Waals surface area contributed by atoms with Gasteiger partial charge in [0.2, 0.25) is 0 Å². The first-order valence-corrected chi connectivity index (χ1v) is 5.33. The fourth-order valence-corrected chi connectivity index (χ4v) is 1.87. The predicted molar refractivity (Wildman–Crippen MR) is 63.7 cm³/mol. The van der Waals surface area contributed by atoms with Gasteiger partial charge in [0, 0.05) is 23.1 Å². The third-order valence-electron chi connectivity index (χ3n) is 2.63. The largest absolute Gasteiger partial charge is 0.372 e. The van der Waals surface area contributed by atoms with Crippen LogP contribution in [0.1, 0.15) is 22.8 Å². The number of aromatic amines is 1. The molecular formula is C12H14N2O3. The Hall–Kier alpha value is -1.85. The summed E-state index contributed by atoms with van der Waals surface area (Å²) in [4.78, 5) is 18.0. The van der Waals surface area contributed by atoms with Gasteiger partial charge in [-0.3, -0.25) is 4.89 Å². The van der Waals surface area contributed by atoms with E-state index in [1.165, 1.54) is 0 Å². The molecule has 17 heavy (non-hydrogen) atoms. The zero-order chi connectivity index (χ0) is 12.4. The molecule has 5 nitrogen and oxygen atoms in total. The van der Waals surface area contributed by atoms with E-state index in [9.17, 15) is 4.79 Å². The van der Waals surface area contributed by atoms with Crippen LogP contribution in [0.3, 0.4) is 0 Å². The van der Waals surface area contributed by atoms with Gasteiger partial charge in [-0.15, -0.1) is 0 Å². The van der Waals surface area contributed by atoms with E-state index in [0.717, 1.165) is 22.9 Å². The van der Waals surface area contributed by atoms with E-state index in [0.29, 0.717) is 5.56 Å². The lowest BCUT2D eigenvalue weighted by molar-refractivity contribution is -0.182. The summed E-state index contributed by atoms with van der Waals surface area (Å²) in [5, 5.41) is 9.27. The Morgan fingerprint density at radius 1 is 1.59 bits per heavy atom. The number of rotatable bonds is 3. The number of carbonyl (C=O) groups excluding carboxylic acids is 1. The van der Waals surface area contributed by atoms with Gasteiger partial charge >= 0.3 is 5.97 Å². The van der Waals surface area contributed by atoms with E-state index in [2.05, 4.69) is 9.87 Å². The average molecular weight is 234 g/mol. The van der Waals surface area contributed by atoms with Crippen LogP contribution in [0.4, 0.5) is 0 Å². The van der Waals surface area contributed by atoms with Crippen LogP contribution in [-0.2, 0) is 11.3 Å². The minimum absolute atomic E-state index is 0.0439. The van der Waals surface area contributed by atoms with Crippen molar-refractivity contribution in [3.05, 3.63) is 35.5 Å². The third-order valence-corrected chi connectivity index (χ3v) is 2.63. The Bertz CT molecular complexity index is 546. The Labute approximate surface area is 98.1 Å². The molecule has 90 valence electrons. The summed E-state index contributed by atoms with van der Waals surface area (Å²) in [6.07, 6.45) is 2.60. The van der Waals surface area contributed by atoms with Gasteiger partial charge in [0.05, 0.1) is 5.56 Å². The fourth-order valence-electron chi connectivity index (χ4n) is 1.87. The number of hydrogen-bond donors (Lipinski definition) is 3. The number of H-pyrrole nitrogens is 1. The van der Waals surface area contributed by atoms with Crippen LogP contribution in [-0.4, -0.2) is 22.3 Å². The molecule has 0 aliphatic carbocycles. The average Bonchev–Trinajstić information content (AvgIpc) is 2.70. The van der Waals surface area contributed by atoms with Gasteiger partial charge in [-0.1, -0.05) is 0 Å². The van der Waals surface area contributed by atoms with Gasteiger partial charge in [-0.25, -0.2) is 4.79 Å². The number of nitrogens with two attached hydrogens (primary N) is 1. The van der Waals surface area contributed by atoms with Crippen molar-refractivity contribution < 1.29 is 14.9 Å². The number of hydrogen-bond acceptors (Lipinski definition) is 4. The van der Waals surface area contributed by atoms with Gasteiger partial charge in [0.25, 0.3) is 0 Å². The highest BCUT2D eigenvalue weighted by Gasteiger charge is 2.11. The Morgan fingerprint density at radius 2 is 2.35 bits per heavy atom. The lowest BCUT2D eigenvalue weighted by atomic mass is 10.0. The Balaban J connectivity index is 2.46. The summed E-state index contributed by atoms with van der Waals surface area (Å²) in [7, 11) is 0. The molecule has 1 heterocycles. The molecule has 2 aromatic rings. The van der Waals surface area contributed by atoms with Crippen molar-refractivity contribution in [1.82, 2.24) is 4.98 Å². The second kappa shape index (κ2) is 4.57. The maximum Gasteiger partial charge on any atom is 0.372 e. The standard InChI is InChI=1S/C12H14N2O3/c1-7(13)4-9-6-14-11-3-2-8(5-10(9)11)12(15)17-16/h2-3,5-7,14,16H,4,13H2,1H3/t7-/m1/s1. The molecule has 1 aromatic heterocycles. The van der Waals surface area contributed by atoms with Crippen LogP contribution in [0.5, 0.6) is 0 Å². The molecule has 1 atom stereocenters. The molecule has 5 heteroatoms. The maximum atomic E-state index is 11.2. The number of benzene rings is 1. The molecule has 0 radical (unpaired) electrons. The van der Waals surface area contributed by atoms with Crippen LogP contribution in [0.2, 0.25) is 0 Å². The summed E-state index contributed by atoms with van der Waals surface area (Å²) in [6.45, 7) is 1.92. The van der Waals surface area contributed by atoms with Gasteiger partial charge in [-0.05, 0) is 37.1 Å². The highest BCUT2D eigenvalue weighted by Crippen LogP contribution is 2.21. The van der Waals surface area contributed by atoms with Crippen molar-refractivity contribution >= 4 is 16.9 Å². The van der Waals surface area contributed by atoms with Crippen molar-refractivity contribution in [2.45, 2.75) is 19.4 Å². The number of nitrogens with one attached hydrogen (secondary N) is 1. The first-order valence-electron chi connectivity index (χ1n) is 5.33. The predicted octanol–water partition coefficient (Wildman–Crippen LogP) is 1.69. The molecule has 0 aliphatic rings. The van der Waals surface area contributed by atoms with Crippen molar-refractivity contribution in [3.8, 4) is 0 Å². The van der Waals surface area contributed by atoms with E-state index >= 15 is 0 Å². The topological polar surface area (TPSA) is 88.3 Å². The van der Waals surface area contributed by atoms with E-state index in [4.69, 9.17) is 11.0 Å². The molecule has 0 saturated carbocycles. The van der Waals surface area contributed by atoms with E-state index in [-0.39, 0.29) is 6.04 Å². The molecule has 0 fully saturated rings. The van der Waals surface area contributed by atoms with Gasteiger partial charge < -0.3 is 10.7 Å². The minimum Gasteiger partial charge on any atom is -0.361 e. The lowest BCUT2D eigenvalue weighted by Gasteiger charge is -2.03. The highest BCUT2D eigenvalue weighted by molar-refractivity contribution is 5.95. The quantitative estimate of drug-likeness (QED) is 0.557. The van der Waals surface area contributed by atoms with Crippen molar-refractivity contribution in [1.29, 1.82) is 0 Å². The van der Waals surface area contributed by atoms with E-state index in [1.54, 1.807) is 18.2 Å². The summed E-state index contributed by atoms with van der Waals surface area (Å²) < 4.78 is 0. The first-order chi connectivity index (χ1) is 8.11. The molecular weight excluding hydrogens is 220 g/mol. The smallest absolute Gasteiger partial charge is 0.361 e. The normalized spacial score (nSPS) is 12.6. The number of fused-ring (bicyclic) bond motifs is 1. The first kappa shape index (κ1) is 11.6. The summed E-state index contributed by atoms with van der Waals surface area (Å²) in [6, 6.07) is 5.09. The number of carbonyl (C=O) groups is 1. The highest BCUT2D eigenvalue weighted by atomic mass is 17.1. The second-order valence-electron chi connectivity index (χ2n) is 4.13. The Kier molecular flexibility index (Phi) is 3.12. The summed E-state index contributed by atoms with van der Waals surface area (Å²) in [5.74, 6) is -0.764. The minimum atomic E-state index is -0.764. The van der Waals surface area contributed by atoms with Gasteiger partial charge in [0.1, 0.15) is 0 Å². The zero-order valence-electron chi connectivity index (χ0n) is 9.43. The molecule has 0 amide bonds. The number of aromatic nitrogens is 1. The fraction of sp³-hybridized carbons (Fsp3) is 0.250. The molecule has 2 rings (SSSR count). The van der Waals surface area contributed by atoms with Gasteiger partial charge in [0.15, 0.2) is 0 Å². The third kappa shape index (κ3) is 2.30. The van der Waals surface area contributed by atoms with Crippen molar-refractivity contribution in [2.75, 3.05) is 0 Å². The van der Waals surface area contributed by atoms with Gasteiger partial charge in [-0.2, -0.15) is 5.26 Å². The van der Waals surface area contributed by atoms with Crippen molar-refractivity contribution in [3.63, 3.8) is 0 Å². The van der Waals surface area contributed by atoms with Crippen LogP contribution >= 0.6 is 0 Å². The maximum absolute atomic E-state index is 11.2. The molecule has 0 unspecified atom stereocenters. The van der Waals surface area contributed by atoms with Crippen LogP contribution in [0.15, 0.2) is 24.4 Å². The van der Waals surface area contributed by atoms with Crippen LogP contribution in [0.25, 0.3) is 10.9 Å². The SMILES string of the molecule is C[C@@H](N)Cc1c[nH]c2ccc(C(=O)OO)cc12. The Morgan fingerprint density at radius 3 is 3.00 bits per heavy atom. The molecule has 0 spiro atoms. The molecule has 1 aromatic carbocycles.